The molecule has 2 aliphatic rings. The van der Waals surface area contributed by atoms with Crippen LogP contribution < -0.4 is 5.32 Å². The van der Waals surface area contributed by atoms with Crippen LogP contribution in [0.25, 0.3) is 0 Å². The van der Waals surface area contributed by atoms with Crippen molar-refractivity contribution < 1.29 is 8.42 Å². The third-order valence-corrected chi connectivity index (χ3v) is 5.29. The molecule has 2 fully saturated rings. The van der Waals surface area contributed by atoms with Gasteiger partial charge in [-0.15, -0.1) is 0 Å². The highest BCUT2D eigenvalue weighted by molar-refractivity contribution is 7.91. The molecule has 88 valence electrons. The molecule has 0 amide bonds. The minimum absolute atomic E-state index is 0.303. The van der Waals surface area contributed by atoms with E-state index in [1.807, 2.05) is 7.05 Å². The van der Waals surface area contributed by atoms with Crippen molar-refractivity contribution in [2.45, 2.75) is 18.9 Å². The molecule has 2 aliphatic heterocycles. The lowest BCUT2D eigenvalue weighted by Gasteiger charge is -2.22. The van der Waals surface area contributed by atoms with Gasteiger partial charge in [0.1, 0.15) is 0 Å². The molecule has 4 nitrogen and oxygen atoms in total. The van der Waals surface area contributed by atoms with Gasteiger partial charge in [0.2, 0.25) is 0 Å². The highest BCUT2D eigenvalue weighted by atomic mass is 32.2. The van der Waals surface area contributed by atoms with Crippen molar-refractivity contribution in [1.82, 2.24) is 10.2 Å². The highest BCUT2D eigenvalue weighted by Crippen LogP contribution is 2.24. The molecule has 0 aliphatic carbocycles. The number of sulfone groups is 1. The standard InChI is InChI=1S/C10H20N2O2S/c1-11-6-9-2-4-12(7-9)10-3-5-15(13,14)8-10/h9-11H,2-8H2,1H3. The molecule has 2 rings (SSSR count). The zero-order valence-electron chi connectivity index (χ0n) is 9.28. The van der Waals surface area contributed by atoms with Gasteiger partial charge in [0.05, 0.1) is 11.5 Å². The maximum absolute atomic E-state index is 11.4. The summed E-state index contributed by atoms with van der Waals surface area (Å²) in [6.45, 7) is 3.20. The van der Waals surface area contributed by atoms with Gasteiger partial charge in [-0.2, -0.15) is 0 Å². The second-order valence-electron chi connectivity index (χ2n) is 4.76. The SMILES string of the molecule is CNCC1CCN(C2CCS(=O)(=O)C2)C1. The molecule has 2 saturated heterocycles. The lowest BCUT2D eigenvalue weighted by molar-refractivity contribution is 0.253. The summed E-state index contributed by atoms with van der Waals surface area (Å²) in [5.41, 5.74) is 0. The van der Waals surface area contributed by atoms with Gasteiger partial charge in [-0.25, -0.2) is 8.42 Å². The first-order chi connectivity index (χ1) is 7.11. The molecule has 2 atom stereocenters. The van der Waals surface area contributed by atoms with E-state index in [1.54, 1.807) is 0 Å². The van der Waals surface area contributed by atoms with Crippen LogP contribution in [0.4, 0.5) is 0 Å². The predicted molar refractivity (Wildman–Crippen MR) is 60.7 cm³/mol. The Morgan fingerprint density at radius 3 is 2.80 bits per heavy atom. The van der Waals surface area contributed by atoms with Crippen molar-refractivity contribution in [3.05, 3.63) is 0 Å². The van der Waals surface area contributed by atoms with Crippen molar-refractivity contribution in [3.8, 4) is 0 Å². The molecule has 0 spiro atoms. The number of rotatable bonds is 3. The molecular weight excluding hydrogens is 212 g/mol. The Hall–Kier alpha value is -0.130. The van der Waals surface area contributed by atoms with Crippen LogP contribution in [0.5, 0.6) is 0 Å². The first kappa shape index (κ1) is 11.4. The molecule has 0 bridgehead atoms. The van der Waals surface area contributed by atoms with Gasteiger partial charge in [0.15, 0.2) is 9.84 Å². The van der Waals surface area contributed by atoms with Crippen molar-refractivity contribution in [1.29, 1.82) is 0 Å². The first-order valence-corrected chi connectivity index (χ1v) is 7.52. The molecule has 2 unspecified atom stereocenters. The van der Waals surface area contributed by atoms with Gasteiger partial charge in [-0.3, -0.25) is 4.90 Å². The molecule has 2 heterocycles. The summed E-state index contributed by atoms with van der Waals surface area (Å²) in [4.78, 5) is 2.37. The molecule has 0 aromatic carbocycles. The van der Waals surface area contributed by atoms with Crippen LogP contribution in [0.1, 0.15) is 12.8 Å². The molecule has 0 radical (unpaired) electrons. The van der Waals surface area contributed by atoms with Crippen LogP contribution in [-0.4, -0.2) is 57.5 Å². The summed E-state index contributed by atoms with van der Waals surface area (Å²) in [6.07, 6.45) is 2.05. The Bertz CT molecular complexity index is 315. The summed E-state index contributed by atoms with van der Waals surface area (Å²) in [6, 6.07) is 0.303. The Morgan fingerprint density at radius 1 is 1.40 bits per heavy atom. The number of likely N-dealkylation sites (tertiary alicyclic amines) is 1. The van der Waals surface area contributed by atoms with E-state index in [1.165, 1.54) is 6.42 Å². The Morgan fingerprint density at radius 2 is 2.20 bits per heavy atom. The van der Waals surface area contributed by atoms with E-state index in [0.717, 1.165) is 26.1 Å². The van der Waals surface area contributed by atoms with Gasteiger partial charge >= 0.3 is 0 Å². The monoisotopic (exact) mass is 232 g/mol. The molecule has 0 aromatic rings. The molecular formula is C10H20N2O2S. The van der Waals surface area contributed by atoms with Gasteiger partial charge in [0, 0.05) is 12.6 Å². The van der Waals surface area contributed by atoms with E-state index < -0.39 is 9.84 Å². The molecule has 15 heavy (non-hydrogen) atoms. The van der Waals surface area contributed by atoms with Crippen LogP contribution in [0.3, 0.4) is 0 Å². The lowest BCUT2D eigenvalue weighted by atomic mass is 10.1. The molecule has 5 heteroatoms. The maximum atomic E-state index is 11.4. The van der Waals surface area contributed by atoms with Crippen molar-refractivity contribution in [2.75, 3.05) is 38.2 Å². The predicted octanol–water partition coefficient (Wildman–Crippen LogP) is -0.285. The van der Waals surface area contributed by atoms with E-state index >= 15 is 0 Å². The van der Waals surface area contributed by atoms with E-state index in [0.29, 0.717) is 23.5 Å². The fourth-order valence-corrected chi connectivity index (χ4v) is 4.47. The van der Waals surface area contributed by atoms with E-state index in [2.05, 4.69) is 10.2 Å². The second kappa shape index (κ2) is 4.39. The van der Waals surface area contributed by atoms with Gasteiger partial charge < -0.3 is 5.32 Å². The fourth-order valence-electron chi connectivity index (χ4n) is 2.71. The highest BCUT2D eigenvalue weighted by Gasteiger charge is 2.35. The number of hydrogen-bond acceptors (Lipinski definition) is 4. The van der Waals surface area contributed by atoms with Crippen molar-refractivity contribution in [2.24, 2.45) is 5.92 Å². The lowest BCUT2D eigenvalue weighted by Crippen LogP contribution is -2.35. The van der Waals surface area contributed by atoms with Crippen molar-refractivity contribution in [3.63, 3.8) is 0 Å². The van der Waals surface area contributed by atoms with Gasteiger partial charge in [-0.05, 0) is 38.9 Å². The van der Waals surface area contributed by atoms with Crippen LogP contribution in [0, 0.1) is 5.92 Å². The Labute approximate surface area is 91.9 Å². The minimum Gasteiger partial charge on any atom is -0.319 e. The number of hydrogen-bond donors (Lipinski definition) is 1. The average Bonchev–Trinajstić information content (AvgIpc) is 2.73. The number of nitrogens with one attached hydrogen (secondary N) is 1. The fraction of sp³-hybridized carbons (Fsp3) is 1.00. The summed E-state index contributed by atoms with van der Waals surface area (Å²) < 4.78 is 22.7. The minimum atomic E-state index is -2.72. The average molecular weight is 232 g/mol. The Balaban J connectivity index is 1.87. The summed E-state index contributed by atoms with van der Waals surface area (Å²) in [5.74, 6) is 1.49. The summed E-state index contributed by atoms with van der Waals surface area (Å²) in [5, 5.41) is 3.19. The van der Waals surface area contributed by atoms with Gasteiger partial charge in [0.25, 0.3) is 0 Å². The topological polar surface area (TPSA) is 49.4 Å². The third kappa shape index (κ3) is 2.71. The number of nitrogens with zero attached hydrogens (tertiary/aromatic N) is 1. The quantitative estimate of drug-likeness (QED) is 0.727. The molecule has 1 N–H and O–H groups in total. The summed E-state index contributed by atoms with van der Waals surface area (Å²) >= 11 is 0. The second-order valence-corrected chi connectivity index (χ2v) is 6.99. The van der Waals surface area contributed by atoms with Crippen LogP contribution in [0.15, 0.2) is 0 Å². The van der Waals surface area contributed by atoms with Crippen LogP contribution in [0.2, 0.25) is 0 Å². The largest absolute Gasteiger partial charge is 0.319 e. The Kier molecular flexibility index (Phi) is 3.33. The smallest absolute Gasteiger partial charge is 0.151 e. The van der Waals surface area contributed by atoms with E-state index in [-0.39, 0.29) is 0 Å². The molecule has 0 saturated carbocycles. The first-order valence-electron chi connectivity index (χ1n) is 5.70. The van der Waals surface area contributed by atoms with Crippen molar-refractivity contribution >= 4 is 9.84 Å². The zero-order chi connectivity index (χ0) is 10.9. The zero-order valence-corrected chi connectivity index (χ0v) is 10.1. The third-order valence-electron chi connectivity index (χ3n) is 3.53. The molecule has 0 aromatic heterocycles. The van der Waals surface area contributed by atoms with E-state index in [4.69, 9.17) is 0 Å². The normalized spacial score (nSPS) is 36.1. The maximum Gasteiger partial charge on any atom is 0.151 e. The van der Waals surface area contributed by atoms with Crippen LogP contribution >= 0.6 is 0 Å². The summed E-state index contributed by atoms with van der Waals surface area (Å²) in [7, 11) is -0.745. The van der Waals surface area contributed by atoms with Crippen LogP contribution in [-0.2, 0) is 9.84 Å². The van der Waals surface area contributed by atoms with Gasteiger partial charge in [-0.1, -0.05) is 0 Å². The van der Waals surface area contributed by atoms with E-state index in [9.17, 15) is 8.42 Å².